The van der Waals surface area contributed by atoms with Crippen LogP contribution in [0, 0.1) is 0 Å². The molecule has 2 saturated heterocycles. The monoisotopic (exact) mass is 482 g/mol. The standard InChI is InChI=1S/C24H26N4O5S/c29-21(26-12-14-27(15-13-26)34(32,33)17-18-6-2-1-3-7-18)16-28-22(30)24(25-23(28)31)11-10-19-8-4-5-9-20(19)24/h1-9H,10-17H2,(H,25,31). The summed E-state index contributed by atoms with van der Waals surface area (Å²) < 4.78 is 26.9. The summed E-state index contributed by atoms with van der Waals surface area (Å²) >= 11 is 0. The fourth-order valence-electron chi connectivity index (χ4n) is 5.06. The second-order valence-electron chi connectivity index (χ2n) is 8.91. The summed E-state index contributed by atoms with van der Waals surface area (Å²) in [4.78, 5) is 41.4. The average molecular weight is 483 g/mol. The zero-order valence-electron chi connectivity index (χ0n) is 18.6. The van der Waals surface area contributed by atoms with Crippen LogP contribution >= 0.6 is 0 Å². The van der Waals surface area contributed by atoms with Crippen molar-refractivity contribution >= 4 is 27.9 Å². The fraction of sp³-hybridized carbons (Fsp3) is 0.375. The number of aryl methyl sites for hydroxylation is 1. The molecule has 2 aromatic carbocycles. The Morgan fingerprint density at radius 3 is 2.35 bits per heavy atom. The first kappa shape index (κ1) is 22.5. The molecule has 1 aliphatic carbocycles. The van der Waals surface area contributed by atoms with Crippen LogP contribution in [0.2, 0.25) is 0 Å². The Morgan fingerprint density at radius 2 is 1.62 bits per heavy atom. The van der Waals surface area contributed by atoms with E-state index < -0.39 is 27.5 Å². The van der Waals surface area contributed by atoms with Gasteiger partial charge in [-0.2, -0.15) is 4.31 Å². The molecule has 0 aromatic heterocycles. The summed E-state index contributed by atoms with van der Waals surface area (Å²) in [6.07, 6.45) is 1.16. The van der Waals surface area contributed by atoms with Gasteiger partial charge in [0.1, 0.15) is 12.1 Å². The van der Waals surface area contributed by atoms with Crippen molar-refractivity contribution in [3.63, 3.8) is 0 Å². The minimum atomic E-state index is -3.50. The average Bonchev–Trinajstić information content (AvgIpc) is 3.32. The van der Waals surface area contributed by atoms with Gasteiger partial charge in [-0.3, -0.25) is 14.5 Å². The van der Waals surface area contributed by atoms with Crippen LogP contribution in [-0.2, 0) is 37.3 Å². The molecule has 2 aliphatic heterocycles. The molecule has 2 aromatic rings. The lowest BCUT2D eigenvalue weighted by Crippen LogP contribution is -2.53. The molecule has 0 bridgehead atoms. The summed E-state index contributed by atoms with van der Waals surface area (Å²) in [5, 5.41) is 2.82. The topological polar surface area (TPSA) is 107 Å². The predicted octanol–water partition coefficient (Wildman–Crippen LogP) is 1.05. The van der Waals surface area contributed by atoms with Gasteiger partial charge in [-0.25, -0.2) is 13.2 Å². The van der Waals surface area contributed by atoms with Crippen molar-refractivity contribution < 1.29 is 22.8 Å². The first-order chi connectivity index (χ1) is 16.3. The van der Waals surface area contributed by atoms with Crippen LogP contribution in [-0.4, -0.2) is 73.1 Å². The van der Waals surface area contributed by atoms with Gasteiger partial charge in [-0.05, 0) is 29.5 Å². The van der Waals surface area contributed by atoms with E-state index in [1.54, 1.807) is 24.3 Å². The number of hydrogen-bond donors (Lipinski definition) is 1. The molecular formula is C24H26N4O5S. The van der Waals surface area contributed by atoms with Crippen molar-refractivity contribution in [3.05, 3.63) is 71.3 Å². The Bertz CT molecular complexity index is 1240. The number of sulfonamides is 1. The Labute approximate surface area is 198 Å². The molecule has 0 radical (unpaired) electrons. The first-order valence-electron chi connectivity index (χ1n) is 11.3. The van der Waals surface area contributed by atoms with Crippen molar-refractivity contribution in [3.8, 4) is 0 Å². The van der Waals surface area contributed by atoms with E-state index in [4.69, 9.17) is 0 Å². The van der Waals surface area contributed by atoms with Crippen molar-refractivity contribution in [2.45, 2.75) is 24.1 Å². The Balaban J connectivity index is 1.21. The third kappa shape index (κ3) is 3.86. The lowest BCUT2D eigenvalue weighted by atomic mass is 9.92. The van der Waals surface area contributed by atoms with Crippen LogP contribution in [0.3, 0.4) is 0 Å². The fourth-order valence-corrected chi connectivity index (χ4v) is 6.58. The minimum Gasteiger partial charge on any atom is -0.338 e. The number of fused-ring (bicyclic) bond motifs is 2. The van der Waals surface area contributed by atoms with Crippen molar-refractivity contribution in [1.29, 1.82) is 0 Å². The second kappa shape index (κ2) is 8.52. The Kier molecular flexibility index (Phi) is 5.65. The normalized spacial score (nSPS) is 22.8. The summed E-state index contributed by atoms with van der Waals surface area (Å²) in [7, 11) is -3.50. The molecule has 2 fully saturated rings. The van der Waals surface area contributed by atoms with Crippen LogP contribution in [0.25, 0.3) is 0 Å². The lowest BCUT2D eigenvalue weighted by Gasteiger charge is -2.34. The second-order valence-corrected chi connectivity index (χ2v) is 10.9. The molecule has 4 amide bonds. The van der Waals surface area contributed by atoms with Crippen molar-refractivity contribution in [2.24, 2.45) is 0 Å². The van der Waals surface area contributed by atoms with Crippen LogP contribution in [0.1, 0.15) is 23.1 Å². The zero-order chi connectivity index (χ0) is 23.9. The molecule has 9 nitrogen and oxygen atoms in total. The van der Waals surface area contributed by atoms with Gasteiger partial charge < -0.3 is 10.2 Å². The summed E-state index contributed by atoms with van der Waals surface area (Å²) in [6, 6.07) is 15.9. The van der Waals surface area contributed by atoms with E-state index in [9.17, 15) is 22.8 Å². The third-order valence-electron chi connectivity index (χ3n) is 6.89. The maximum absolute atomic E-state index is 13.3. The third-order valence-corrected chi connectivity index (χ3v) is 8.74. The lowest BCUT2D eigenvalue weighted by molar-refractivity contribution is -0.139. The molecule has 3 aliphatic rings. The molecule has 34 heavy (non-hydrogen) atoms. The summed E-state index contributed by atoms with van der Waals surface area (Å²) in [5.41, 5.74) is 1.43. The van der Waals surface area contributed by atoms with Crippen molar-refractivity contribution in [1.82, 2.24) is 19.4 Å². The van der Waals surface area contributed by atoms with E-state index in [2.05, 4.69) is 5.32 Å². The minimum absolute atomic E-state index is 0.0895. The molecule has 2 heterocycles. The Morgan fingerprint density at radius 1 is 0.941 bits per heavy atom. The van der Waals surface area contributed by atoms with Crippen LogP contribution in [0.15, 0.2) is 54.6 Å². The summed E-state index contributed by atoms with van der Waals surface area (Å²) in [6.45, 7) is 0.428. The molecule has 1 spiro atoms. The maximum atomic E-state index is 13.3. The molecule has 1 unspecified atom stereocenters. The number of rotatable bonds is 5. The van der Waals surface area contributed by atoms with Crippen LogP contribution in [0.4, 0.5) is 4.79 Å². The number of carbonyl (C=O) groups excluding carboxylic acids is 3. The van der Waals surface area contributed by atoms with Gasteiger partial charge in [0.25, 0.3) is 5.91 Å². The number of carbonyl (C=O) groups is 3. The van der Waals surface area contributed by atoms with Gasteiger partial charge in [-0.15, -0.1) is 0 Å². The molecule has 178 valence electrons. The van der Waals surface area contributed by atoms with Crippen LogP contribution in [0.5, 0.6) is 0 Å². The molecule has 1 atom stereocenters. The van der Waals surface area contributed by atoms with E-state index in [-0.39, 0.29) is 44.4 Å². The molecule has 1 N–H and O–H groups in total. The maximum Gasteiger partial charge on any atom is 0.325 e. The number of amides is 4. The first-order valence-corrected chi connectivity index (χ1v) is 12.9. The SMILES string of the molecule is O=C(CN1C(=O)NC2(CCc3ccccc32)C1=O)N1CCN(S(=O)(=O)Cc2ccccc2)CC1. The van der Waals surface area contributed by atoms with Gasteiger partial charge in [-0.1, -0.05) is 54.6 Å². The number of piperazine rings is 1. The smallest absolute Gasteiger partial charge is 0.325 e. The van der Waals surface area contributed by atoms with Crippen molar-refractivity contribution in [2.75, 3.05) is 32.7 Å². The summed E-state index contributed by atoms with van der Waals surface area (Å²) in [5.74, 6) is -0.861. The highest BCUT2D eigenvalue weighted by Gasteiger charge is 2.55. The van der Waals surface area contributed by atoms with E-state index >= 15 is 0 Å². The molecule has 10 heteroatoms. The number of hydrogen-bond acceptors (Lipinski definition) is 5. The highest BCUT2D eigenvalue weighted by Crippen LogP contribution is 2.41. The number of benzene rings is 2. The quantitative estimate of drug-likeness (QED) is 0.642. The van der Waals surface area contributed by atoms with Gasteiger partial charge in [0, 0.05) is 26.2 Å². The number of nitrogens with zero attached hydrogens (tertiary/aromatic N) is 3. The van der Waals surface area contributed by atoms with Gasteiger partial charge >= 0.3 is 6.03 Å². The molecular weight excluding hydrogens is 456 g/mol. The number of nitrogens with one attached hydrogen (secondary N) is 1. The van der Waals surface area contributed by atoms with Crippen LogP contribution < -0.4 is 5.32 Å². The Hall–Kier alpha value is -3.24. The van der Waals surface area contributed by atoms with Gasteiger partial charge in [0.15, 0.2) is 0 Å². The van der Waals surface area contributed by atoms with E-state index in [1.165, 1.54) is 9.21 Å². The highest BCUT2D eigenvalue weighted by atomic mass is 32.2. The van der Waals surface area contributed by atoms with E-state index in [1.807, 2.05) is 30.3 Å². The highest BCUT2D eigenvalue weighted by molar-refractivity contribution is 7.88. The van der Waals surface area contributed by atoms with Gasteiger partial charge in [0.05, 0.1) is 5.75 Å². The number of imide groups is 1. The molecule has 5 rings (SSSR count). The van der Waals surface area contributed by atoms with E-state index in [0.29, 0.717) is 18.4 Å². The van der Waals surface area contributed by atoms with E-state index in [0.717, 1.165) is 16.0 Å². The predicted molar refractivity (Wildman–Crippen MR) is 124 cm³/mol. The largest absolute Gasteiger partial charge is 0.338 e. The van der Waals surface area contributed by atoms with Gasteiger partial charge in [0.2, 0.25) is 15.9 Å². The molecule has 0 saturated carbocycles. The zero-order valence-corrected chi connectivity index (χ0v) is 19.5. The number of urea groups is 1.